The molecule has 2 N–H and O–H groups in total. The van der Waals surface area contributed by atoms with Crippen LogP contribution in [0.15, 0.2) is 45.6 Å². The van der Waals surface area contributed by atoms with E-state index in [1.165, 1.54) is 6.07 Å². The molecule has 124 valence electrons. The number of amides is 1. The molecule has 7 nitrogen and oxygen atoms in total. The zero-order valence-electron chi connectivity index (χ0n) is 13.6. The Labute approximate surface area is 141 Å². The van der Waals surface area contributed by atoms with Gasteiger partial charge in [0, 0.05) is 11.8 Å². The van der Waals surface area contributed by atoms with E-state index in [1.54, 1.807) is 24.3 Å². The molecular formula is C18H14N4O3. The first-order chi connectivity index (χ1) is 12.0. The molecule has 0 unspecified atom stereocenters. The summed E-state index contributed by atoms with van der Waals surface area (Å²) in [5, 5.41) is 10.7. The van der Waals surface area contributed by atoms with Crippen LogP contribution in [0.5, 0.6) is 0 Å². The molecular weight excluding hydrogens is 320 g/mol. The summed E-state index contributed by atoms with van der Waals surface area (Å²) in [7, 11) is 0. The molecule has 0 aliphatic rings. The van der Waals surface area contributed by atoms with Crippen molar-refractivity contribution in [2.75, 3.05) is 5.32 Å². The molecule has 0 saturated heterocycles. The summed E-state index contributed by atoms with van der Waals surface area (Å²) in [6.07, 6.45) is 0. The largest absolute Gasteiger partial charge is 0.451 e. The van der Waals surface area contributed by atoms with E-state index in [0.29, 0.717) is 22.4 Å². The van der Waals surface area contributed by atoms with Crippen molar-refractivity contribution in [3.05, 3.63) is 63.6 Å². The van der Waals surface area contributed by atoms with Gasteiger partial charge in [-0.3, -0.25) is 14.7 Å². The van der Waals surface area contributed by atoms with E-state index in [-0.39, 0.29) is 11.2 Å². The van der Waals surface area contributed by atoms with Crippen LogP contribution in [0.3, 0.4) is 0 Å². The first-order valence-electron chi connectivity index (χ1n) is 7.69. The van der Waals surface area contributed by atoms with Crippen molar-refractivity contribution in [1.29, 1.82) is 0 Å². The van der Waals surface area contributed by atoms with Gasteiger partial charge in [-0.2, -0.15) is 5.10 Å². The standard InChI is InChI=1S/C18H14N4O3/c1-9-7-10(2)19-16-15(9)17(22-21-16)20-18(24)14-8-12(23)11-5-3-4-6-13(11)25-14/h3-8H,1-2H3,(H2,19,20,21,22,24). The van der Waals surface area contributed by atoms with Crippen molar-refractivity contribution in [3.8, 4) is 0 Å². The van der Waals surface area contributed by atoms with Crippen molar-refractivity contribution in [1.82, 2.24) is 15.2 Å². The highest BCUT2D eigenvalue weighted by molar-refractivity contribution is 6.07. The number of aromatic nitrogens is 3. The van der Waals surface area contributed by atoms with Crippen LogP contribution in [0.2, 0.25) is 0 Å². The van der Waals surface area contributed by atoms with Gasteiger partial charge in [0.15, 0.2) is 22.7 Å². The number of carbonyl (C=O) groups excluding carboxylic acids is 1. The number of H-pyrrole nitrogens is 1. The van der Waals surface area contributed by atoms with Gasteiger partial charge in [-0.15, -0.1) is 0 Å². The first-order valence-corrected chi connectivity index (χ1v) is 7.69. The molecule has 3 aromatic heterocycles. The molecule has 0 bridgehead atoms. The number of aryl methyl sites for hydroxylation is 2. The number of para-hydroxylation sites is 1. The number of fused-ring (bicyclic) bond motifs is 2. The summed E-state index contributed by atoms with van der Waals surface area (Å²) in [4.78, 5) is 29.0. The quantitative estimate of drug-likeness (QED) is 0.587. The Morgan fingerprint density at radius 1 is 1.20 bits per heavy atom. The fraction of sp³-hybridized carbons (Fsp3) is 0.111. The molecule has 0 aliphatic heterocycles. The fourth-order valence-electron chi connectivity index (χ4n) is 2.86. The van der Waals surface area contributed by atoms with Gasteiger partial charge in [0.25, 0.3) is 5.91 Å². The van der Waals surface area contributed by atoms with Crippen LogP contribution in [0.1, 0.15) is 21.8 Å². The van der Waals surface area contributed by atoms with E-state index in [4.69, 9.17) is 4.42 Å². The van der Waals surface area contributed by atoms with E-state index in [9.17, 15) is 9.59 Å². The summed E-state index contributed by atoms with van der Waals surface area (Å²) < 4.78 is 5.55. The summed E-state index contributed by atoms with van der Waals surface area (Å²) >= 11 is 0. The molecule has 3 heterocycles. The smallest absolute Gasteiger partial charge is 0.292 e. The van der Waals surface area contributed by atoms with Crippen LogP contribution < -0.4 is 10.7 Å². The van der Waals surface area contributed by atoms with E-state index < -0.39 is 5.91 Å². The van der Waals surface area contributed by atoms with Crippen LogP contribution in [-0.2, 0) is 0 Å². The summed E-state index contributed by atoms with van der Waals surface area (Å²) in [6, 6.07) is 9.87. The highest BCUT2D eigenvalue weighted by atomic mass is 16.3. The number of hydrogen-bond acceptors (Lipinski definition) is 5. The molecule has 0 aliphatic carbocycles. The number of benzene rings is 1. The third-order valence-electron chi connectivity index (χ3n) is 3.95. The maximum absolute atomic E-state index is 12.5. The van der Waals surface area contributed by atoms with Crippen molar-refractivity contribution in [3.63, 3.8) is 0 Å². The van der Waals surface area contributed by atoms with Crippen LogP contribution in [0.4, 0.5) is 5.82 Å². The average molecular weight is 334 g/mol. The minimum absolute atomic E-state index is 0.0717. The van der Waals surface area contributed by atoms with Crippen LogP contribution >= 0.6 is 0 Å². The summed E-state index contributed by atoms with van der Waals surface area (Å²) in [5.41, 5.74) is 2.47. The van der Waals surface area contributed by atoms with Gasteiger partial charge in [-0.05, 0) is 37.6 Å². The molecule has 0 saturated carbocycles. The number of carbonyl (C=O) groups is 1. The van der Waals surface area contributed by atoms with Gasteiger partial charge in [0.1, 0.15) is 5.58 Å². The lowest BCUT2D eigenvalue weighted by Gasteiger charge is -2.05. The molecule has 25 heavy (non-hydrogen) atoms. The first kappa shape index (κ1) is 15.1. The number of pyridine rings is 1. The second-order valence-corrected chi connectivity index (χ2v) is 5.80. The summed E-state index contributed by atoms with van der Waals surface area (Å²) in [6.45, 7) is 3.80. The van der Waals surface area contributed by atoms with Gasteiger partial charge in [-0.1, -0.05) is 12.1 Å². The molecule has 0 spiro atoms. The normalized spacial score (nSPS) is 11.1. The van der Waals surface area contributed by atoms with E-state index in [1.807, 2.05) is 19.9 Å². The monoisotopic (exact) mass is 334 g/mol. The van der Waals surface area contributed by atoms with Gasteiger partial charge < -0.3 is 9.73 Å². The van der Waals surface area contributed by atoms with Crippen molar-refractivity contribution in [2.45, 2.75) is 13.8 Å². The Hall–Kier alpha value is -3.48. The third-order valence-corrected chi connectivity index (χ3v) is 3.95. The third kappa shape index (κ3) is 2.55. The molecule has 1 aromatic carbocycles. The predicted molar refractivity (Wildman–Crippen MR) is 93.8 cm³/mol. The zero-order chi connectivity index (χ0) is 17.6. The zero-order valence-corrected chi connectivity index (χ0v) is 13.6. The number of rotatable bonds is 2. The highest BCUT2D eigenvalue weighted by Crippen LogP contribution is 2.24. The lowest BCUT2D eigenvalue weighted by Crippen LogP contribution is -2.15. The van der Waals surface area contributed by atoms with Gasteiger partial charge >= 0.3 is 0 Å². The maximum atomic E-state index is 12.5. The van der Waals surface area contributed by atoms with Gasteiger partial charge in [0.2, 0.25) is 0 Å². The van der Waals surface area contributed by atoms with Crippen LogP contribution in [0, 0.1) is 13.8 Å². The molecule has 0 fully saturated rings. The Bertz CT molecular complexity index is 1190. The van der Waals surface area contributed by atoms with Crippen LogP contribution in [0.25, 0.3) is 22.0 Å². The van der Waals surface area contributed by atoms with E-state index >= 15 is 0 Å². The Balaban J connectivity index is 1.75. The second kappa shape index (κ2) is 5.55. The number of nitrogens with zero attached hydrogens (tertiary/aromatic N) is 2. The topological polar surface area (TPSA) is 101 Å². The predicted octanol–water partition coefficient (Wildman–Crippen LogP) is 2.93. The van der Waals surface area contributed by atoms with E-state index in [2.05, 4.69) is 20.5 Å². The van der Waals surface area contributed by atoms with E-state index in [0.717, 1.165) is 16.6 Å². The lowest BCUT2D eigenvalue weighted by atomic mass is 10.2. The van der Waals surface area contributed by atoms with Gasteiger partial charge in [0.05, 0.1) is 10.8 Å². The molecule has 4 aromatic rings. The molecule has 0 atom stereocenters. The van der Waals surface area contributed by atoms with Crippen molar-refractivity contribution >= 4 is 33.7 Å². The fourth-order valence-corrected chi connectivity index (χ4v) is 2.86. The molecule has 0 radical (unpaired) electrons. The summed E-state index contributed by atoms with van der Waals surface area (Å²) in [5.74, 6) is -0.269. The molecule has 4 rings (SSSR count). The average Bonchev–Trinajstić information content (AvgIpc) is 2.97. The number of hydrogen-bond donors (Lipinski definition) is 2. The Morgan fingerprint density at radius 3 is 2.84 bits per heavy atom. The van der Waals surface area contributed by atoms with Gasteiger partial charge in [-0.25, -0.2) is 4.98 Å². The number of anilines is 1. The maximum Gasteiger partial charge on any atom is 0.292 e. The Kier molecular flexibility index (Phi) is 3.35. The second-order valence-electron chi connectivity index (χ2n) is 5.80. The van der Waals surface area contributed by atoms with Crippen molar-refractivity contribution in [2.24, 2.45) is 0 Å². The minimum atomic E-state index is -0.545. The molecule has 7 heteroatoms. The number of nitrogens with one attached hydrogen (secondary N) is 2. The SMILES string of the molecule is Cc1cc(C)c2c(NC(=O)c3cc(=O)c4ccccc4o3)n[nH]c2n1. The molecule has 1 amide bonds. The highest BCUT2D eigenvalue weighted by Gasteiger charge is 2.17. The number of aromatic amines is 1. The lowest BCUT2D eigenvalue weighted by molar-refractivity contribution is 0.0997. The van der Waals surface area contributed by atoms with Crippen molar-refractivity contribution < 1.29 is 9.21 Å². The Morgan fingerprint density at radius 2 is 2.00 bits per heavy atom. The minimum Gasteiger partial charge on any atom is -0.451 e. The van der Waals surface area contributed by atoms with Crippen LogP contribution in [-0.4, -0.2) is 21.1 Å².